The van der Waals surface area contributed by atoms with E-state index in [0.717, 1.165) is 31.2 Å². The highest BCUT2D eigenvalue weighted by Crippen LogP contribution is 2.31. The molecule has 29 heavy (non-hydrogen) atoms. The number of aromatic nitrogens is 2. The first-order valence-corrected chi connectivity index (χ1v) is 9.38. The molecule has 1 aromatic heterocycles. The first-order valence-electron chi connectivity index (χ1n) is 9.38. The second kappa shape index (κ2) is 7.82. The smallest absolute Gasteiger partial charge is 0.416 e. The van der Waals surface area contributed by atoms with Gasteiger partial charge in [-0.25, -0.2) is 4.79 Å². The van der Waals surface area contributed by atoms with Gasteiger partial charge in [-0.1, -0.05) is 6.07 Å². The van der Waals surface area contributed by atoms with E-state index in [1.807, 2.05) is 4.90 Å². The summed E-state index contributed by atoms with van der Waals surface area (Å²) in [6, 6.07) is 10.8. The first-order chi connectivity index (χ1) is 13.9. The normalized spacial score (nSPS) is 15.8. The number of piperazine rings is 1. The van der Waals surface area contributed by atoms with E-state index in [4.69, 9.17) is 4.74 Å². The van der Waals surface area contributed by atoms with Gasteiger partial charge in [0.15, 0.2) is 0 Å². The zero-order chi connectivity index (χ0) is 20.4. The highest BCUT2D eigenvalue weighted by molar-refractivity contribution is 5.75. The van der Waals surface area contributed by atoms with Crippen LogP contribution in [0.15, 0.2) is 47.3 Å². The van der Waals surface area contributed by atoms with Crippen LogP contribution in [0.3, 0.4) is 0 Å². The van der Waals surface area contributed by atoms with Crippen molar-refractivity contribution < 1.29 is 17.9 Å². The summed E-state index contributed by atoms with van der Waals surface area (Å²) in [5.74, 6) is 0.676. The Labute approximate surface area is 164 Å². The van der Waals surface area contributed by atoms with Gasteiger partial charge in [0.1, 0.15) is 12.4 Å². The zero-order valence-electron chi connectivity index (χ0n) is 15.6. The maximum atomic E-state index is 12.9. The predicted octanol–water partition coefficient (Wildman–Crippen LogP) is 3.08. The monoisotopic (exact) mass is 406 g/mol. The van der Waals surface area contributed by atoms with Crippen LogP contribution in [0.1, 0.15) is 5.56 Å². The molecular weight excluding hydrogens is 385 g/mol. The Morgan fingerprint density at radius 1 is 0.966 bits per heavy atom. The topological polar surface area (TPSA) is 64.4 Å². The molecular formula is C20H21F3N4O2. The number of fused-ring (bicyclic) bond motifs is 1. The van der Waals surface area contributed by atoms with Crippen molar-refractivity contribution in [1.29, 1.82) is 0 Å². The van der Waals surface area contributed by atoms with Crippen LogP contribution in [0.5, 0.6) is 5.75 Å². The van der Waals surface area contributed by atoms with E-state index in [1.165, 1.54) is 12.1 Å². The van der Waals surface area contributed by atoms with E-state index >= 15 is 0 Å². The Morgan fingerprint density at radius 2 is 1.72 bits per heavy atom. The van der Waals surface area contributed by atoms with Gasteiger partial charge in [-0.05, 0) is 30.3 Å². The van der Waals surface area contributed by atoms with Crippen molar-refractivity contribution in [3.05, 3.63) is 58.5 Å². The molecule has 1 saturated heterocycles. The van der Waals surface area contributed by atoms with Gasteiger partial charge in [-0.2, -0.15) is 13.2 Å². The molecule has 0 spiro atoms. The van der Waals surface area contributed by atoms with Gasteiger partial charge < -0.3 is 19.6 Å². The van der Waals surface area contributed by atoms with Crippen LogP contribution in [0.25, 0.3) is 11.0 Å². The third kappa shape index (κ3) is 4.56. The predicted molar refractivity (Wildman–Crippen MR) is 105 cm³/mol. The largest absolute Gasteiger partial charge is 0.492 e. The Bertz CT molecular complexity index is 1040. The van der Waals surface area contributed by atoms with Gasteiger partial charge in [0.25, 0.3) is 0 Å². The Morgan fingerprint density at radius 3 is 2.48 bits per heavy atom. The molecule has 0 radical (unpaired) electrons. The number of anilines is 1. The summed E-state index contributed by atoms with van der Waals surface area (Å²) >= 11 is 0. The van der Waals surface area contributed by atoms with Crippen LogP contribution in [-0.2, 0) is 6.18 Å². The number of hydrogen-bond donors (Lipinski definition) is 2. The lowest BCUT2D eigenvalue weighted by molar-refractivity contribution is -0.137. The summed E-state index contributed by atoms with van der Waals surface area (Å²) in [6.07, 6.45) is -4.33. The van der Waals surface area contributed by atoms with Crippen LogP contribution in [0.4, 0.5) is 18.9 Å². The first kappa shape index (κ1) is 19.4. The fraction of sp³-hybridized carbons (Fsp3) is 0.350. The zero-order valence-corrected chi connectivity index (χ0v) is 15.6. The lowest BCUT2D eigenvalue weighted by atomic mass is 10.1. The summed E-state index contributed by atoms with van der Waals surface area (Å²) in [5.41, 5.74) is 1.15. The minimum Gasteiger partial charge on any atom is -0.492 e. The van der Waals surface area contributed by atoms with Crippen LogP contribution in [0, 0.1) is 0 Å². The summed E-state index contributed by atoms with van der Waals surface area (Å²) in [4.78, 5) is 20.9. The molecule has 154 valence electrons. The average Bonchev–Trinajstić information content (AvgIpc) is 3.07. The molecule has 2 aromatic carbocycles. The number of nitrogens with zero attached hydrogens (tertiary/aromatic N) is 2. The molecule has 0 saturated carbocycles. The van der Waals surface area contributed by atoms with Crippen LogP contribution in [-0.4, -0.2) is 54.2 Å². The maximum Gasteiger partial charge on any atom is 0.416 e. The number of rotatable bonds is 5. The van der Waals surface area contributed by atoms with E-state index in [1.54, 1.807) is 24.3 Å². The molecule has 0 aliphatic carbocycles. The number of nitrogens with one attached hydrogen (secondary N) is 2. The van der Waals surface area contributed by atoms with Gasteiger partial charge >= 0.3 is 11.9 Å². The van der Waals surface area contributed by atoms with Gasteiger partial charge in [-0.15, -0.1) is 0 Å². The molecule has 1 fully saturated rings. The van der Waals surface area contributed by atoms with E-state index in [0.29, 0.717) is 36.6 Å². The summed E-state index contributed by atoms with van der Waals surface area (Å²) in [7, 11) is 0. The Balaban J connectivity index is 1.27. The second-order valence-electron chi connectivity index (χ2n) is 7.01. The molecule has 1 aliphatic heterocycles. The van der Waals surface area contributed by atoms with Crippen LogP contribution >= 0.6 is 0 Å². The highest BCUT2D eigenvalue weighted by atomic mass is 19.4. The van der Waals surface area contributed by atoms with Gasteiger partial charge in [0.05, 0.1) is 16.6 Å². The van der Waals surface area contributed by atoms with E-state index in [-0.39, 0.29) is 5.69 Å². The summed E-state index contributed by atoms with van der Waals surface area (Å²) in [6.45, 7) is 4.05. The fourth-order valence-electron chi connectivity index (χ4n) is 3.50. The molecule has 0 bridgehead atoms. The van der Waals surface area contributed by atoms with Gasteiger partial charge in [-0.3, -0.25) is 4.90 Å². The lowest BCUT2D eigenvalue weighted by Crippen LogP contribution is -2.47. The van der Waals surface area contributed by atoms with E-state index in [9.17, 15) is 18.0 Å². The molecule has 0 atom stereocenters. The number of halogens is 3. The average molecular weight is 406 g/mol. The number of alkyl halides is 3. The minimum atomic E-state index is -4.33. The quantitative estimate of drug-likeness (QED) is 0.684. The molecule has 1 aliphatic rings. The maximum absolute atomic E-state index is 12.9. The minimum absolute atomic E-state index is 0.254. The number of H-pyrrole nitrogens is 2. The van der Waals surface area contributed by atoms with Crippen molar-refractivity contribution in [2.75, 3.05) is 44.2 Å². The van der Waals surface area contributed by atoms with Crippen molar-refractivity contribution in [3.8, 4) is 5.75 Å². The van der Waals surface area contributed by atoms with Crippen molar-refractivity contribution in [2.24, 2.45) is 0 Å². The number of aromatic amines is 2. The molecule has 2 N–H and O–H groups in total. The van der Waals surface area contributed by atoms with Gasteiger partial charge in [0, 0.05) is 44.5 Å². The molecule has 4 rings (SSSR count). The number of hydrogen-bond acceptors (Lipinski definition) is 4. The molecule has 2 heterocycles. The molecule has 0 unspecified atom stereocenters. The standard InChI is InChI=1S/C20H21F3N4O2/c21-20(22,23)14-2-1-3-15(12-14)27-8-6-26(7-9-27)10-11-29-16-4-5-17-18(13-16)25-19(28)24-17/h1-5,12-13H,6-11H2,(H2,24,25,28). The van der Waals surface area contributed by atoms with Crippen LogP contribution in [0.2, 0.25) is 0 Å². The van der Waals surface area contributed by atoms with Crippen molar-refractivity contribution in [2.45, 2.75) is 6.18 Å². The van der Waals surface area contributed by atoms with Crippen molar-refractivity contribution in [3.63, 3.8) is 0 Å². The lowest BCUT2D eigenvalue weighted by Gasteiger charge is -2.36. The number of imidazole rings is 1. The summed E-state index contributed by atoms with van der Waals surface area (Å²) < 4.78 is 44.5. The van der Waals surface area contributed by atoms with Gasteiger partial charge in [0.2, 0.25) is 0 Å². The fourth-order valence-corrected chi connectivity index (χ4v) is 3.50. The Hall–Kier alpha value is -2.94. The van der Waals surface area contributed by atoms with Crippen LogP contribution < -0.4 is 15.3 Å². The second-order valence-corrected chi connectivity index (χ2v) is 7.01. The number of benzene rings is 2. The summed E-state index contributed by atoms with van der Waals surface area (Å²) in [5, 5.41) is 0. The number of ether oxygens (including phenoxy) is 1. The van der Waals surface area contributed by atoms with Crippen molar-refractivity contribution in [1.82, 2.24) is 14.9 Å². The molecule has 9 heteroatoms. The molecule has 6 nitrogen and oxygen atoms in total. The molecule has 3 aromatic rings. The molecule has 0 amide bonds. The Kier molecular flexibility index (Phi) is 5.23. The third-order valence-electron chi connectivity index (χ3n) is 5.07. The van der Waals surface area contributed by atoms with Crippen molar-refractivity contribution >= 4 is 16.7 Å². The SMILES string of the molecule is O=c1[nH]c2ccc(OCCN3CCN(c4cccc(C(F)(F)F)c4)CC3)cc2[nH]1. The highest BCUT2D eigenvalue weighted by Gasteiger charge is 2.31. The van der Waals surface area contributed by atoms with E-state index in [2.05, 4.69) is 14.9 Å². The third-order valence-corrected chi connectivity index (χ3v) is 5.07. The van der Waals surface area contributed by atoms with E-state index < -0.39 is 11.7 Å².